The summed E-state index contributed by atoms with van der Waals surface area (Å²) in [5.41, 5.74) is 1.91. The average Bonchev–Trinajstić information content (AvgIpc) is 3.04. The van der Waals surface area contributed by atoms with Crippen LogP contribution in [0.15, 0.2) is 54.6 Å². The highest BCUT2D eigenvalue weighted by Crippen LogP contribution is 2.11. The van der Waals surface area contributed by atoms with E-state index in [0.29, 0.717) is 17.5 Å². The number of benzene rings is 2. The van der Waals surface area contributed by atoms with Crippen molar-refractivity contribution in [3.8, 4) is 0 Å². The Morgan fingerprint density at radius 2 is 1.49 bits per heavy atom. The van der Waals surface area contributed by atoms with Gasteiger partial charge in [-0.2, -0.15) is 0 Å². The molecule has 0 bridgehead atoms. The predicted molar refractivity (Wildman–Crippen MR) is 164 cm³/mol. The van der Waals surface area contributed by atoms with Crippen LogP contribution in [-0.4, -0.2) is 94.3 Å². The molecule has 3 amide bonds. The van der Waals surface area contributed by atoms with Crippen LogP contribution in [0, 0.1) is 0 Å². The van der Waals surface area contributed by atoms with E-state index in [0.717, 1.165) is 5.56 Å². The fourth-order valence-corrected chi connectivity index (χ4v) is 4.10. The number of hydrogen-bond donors (Lipinski definition) is 5. The zero-order chi connectivity index (χ0) is 34.8. The highest BCUT2D eigenvalue weighted by atomic mass is 16.6. The second-order valence-electron chi connectivity index (χ2n) is 10.5. The summed E-state index contributed by atoms with van der Waals surface area (Å²) in [4.78, 5) is 83.8. The number of alkyl carbamates (subject to hydrolysis) is 1. The maximum Gasteiger partial charge on any atom is 0.408 e. The van der Waals surface area contributed by atoms with Gasteiger partial charge in [0.25, 0.3) is 0 Å². The molecule has 15 nitrogen and oxygen atoms in total. The van der Waals surface area contributed by atoms with Gasteiger partial charge in [0.1, 0.15) is 12.6 Å². The molecule has 2 aromatic rings. The summed E-state index contributed by atoms with van der Waals surface area (Å²) >= 11 is 0. The lowest BCUT2D eigenvalue weighted by molar-refractivity contribution is -0.147. The summed E-state index contributed by atoms with van der Waals surface area (Å²) in [6.45, 7) is 0.504. The monoisotopic (exact) mass is 657 g/mol. The number of ether oxygens (including phenoxy) is 2. The maximum atomic E-state index is 12.6. The average molecular weight is 658 g/mol. The summed E-state index contributed by atoms with van der Waals surface area (Å²) < 4.78 is 10.1. The number of carboxylic acids is 3. The van der Waals surface area contributed by atoms with Gasteiger partial charge < -0.3 is 40.3 Å². The Morgan fingerprint density at radius 3 is 2.11 bits per heavy atom. The van der Waals surface area contributed by atoms with Crippen molar-refractivity contribution in [1.82, 2.24) is 15.5 Å². The largest absolute Gasteiger partial charge is 0.481 e. The molecule has 5 N–H and O–H groups in total. The van der Waals surface area contributed by atoms with Gasteiger partial charge in [0.05, 0.1) is 12.0 Å². The van der Waals surface area contributed by atoms with E-state index in [2.05, 4.69) is 5.32 Å². The van der Waals surface area contributed by atoms with Crippen LogP contribution in [0.25, 0.3) is 0 Å². The summed E-state index contributed by atoms with van der Waals surface area (Å²) in [6, 6.07) is 14.2. The standard InChI is InChI=1S/C32H39N3O12/c1-35(27(37)19-21-10-12-23(13-11-21)31(44)46-20-22-7-3-2-4-8-22)18-16-26(36)33-17-6-5-9-25(30(42)43)47-32(45)34-24(29(40)41)14-15-28(38)39/h2-4,7-8,10-13,24-25H,5-6,9,14-20H2,1H3,(H,33,36)(H,34,45)(H,38,39)(H,40,41)(H,42,43)/t24-,25-/m0/s1. The van der Waals surface area contributed by atoms with Crippen LogP contribution in [-0.2, 0) is 46.5 Å². The molecular formula is C32H39N3O12. The van der Waals surface area contributed by atoms with Crippen molar-refractivity contribution in [2.75, 3.05) is 20.1 Å². The number of rotatable bonds is 20. The Labute approximate surface area is 270 Å². The molecule has 0 fully saturated rings. The molecule has 47 heavy (non-hydrogen) atoms. The van der Waals surface area contributed by atoms with E-state index in [-0.39, 0.29) is 57.2 Å². The third-order valence-electron chi connectivity index (χ3n) is 6.83. The molecule has 0 unspecified atom stereocenters. The van der Waals surface area contributed by atoms with Crippen LogP contribution < -0.4 is 10.6 Å². The number of esters is 1. The van der Waals surface area contributed by atoms with Gasteiger partial charge in [-0.3, -0.25) is 14.4 Å². The fourth-order valence-electron chi connectivity index (χ4n) is 4.10. The van der Waals surface area contributed by atoms with E-state index in [1.54, 1.807) is 31.3 Å². The predicted octanol–water partition coefficient (Wildman–Crippen LogP) is 2.22. The number of nitrogens with zero attached hydrogens (tertiary/aromatic N) is 1. The minimum Gasteiger partial charge on any atom is -0.481 e. The van der Waals surface area contributed by atoms with Gasteiger partial charge in [0.2, 0.25) is 17.9 Å². The second-order valence-corrected chi connectivity index (χ2v) is 10.5. The van der Waals surface area contributed by atoms with Crippen LogP contribution in [0.2, 0.25) is 0 Å². The minimum atomic E-state index is -1.58. The lowest BCUT2D eigenvalue weighted by Gasteiger charge is -2.18. The first-order valence-electron chi connectivity index (χ1n) is 14.8. The van der Waals surface area contributed by atoms with Crippen molar-refractivity contribution in [1.29, 1.82) is 0 Å². The third kappa shape index (κ3) is 14.9. The van der Waals surface area contributed by atoms with Gasteiger partial charge in [0.15, 0.2) is 0 Å². The first kappa shape index (κ1) is 37.7. The Balaban J connectivity index is 1.65. The highest BCUT2D eigenvalue weighted by molar-refractivity contribution is 5.89. The molecule has 0 aromatic heterocycles. The quantitative estimate of drug-likeness (QED) is 0.102. The molecule has 0 heterocycles. The third-order valence-corrected chi connectivity index (χ3v) is 6.83. The molecule has 0 aliphatic rings. The van der Waals surface area contributed by atoms with Crippen molar-refractivity contribution < 1.29 is 58.4 Å². The molecule has 15 heteroatoms. The van der Waals surface area contributed by atoms with Crippen molar-refractivity contribution >= 4 is 41.8 Å². The molecule has 0 radical (unpaired) electrons. The van der Waals surface area contributed by atoms with E-state index < -0.39 is 55.0 Å². The summed E-state index contributed by atoms with van der Waals surface area (Å²) in [7, 11) is 1.57. The number of unbranched alkanes of at least 4 members (excludes halogenated alkanes) is 1. The van der Waals surface area contributed by atoms with Crippen molar-refractivity contribution in [2.45, 2.75) is 63.7 Å². The Morgan fingerprint density at radius 1 is 0.809 bits per heavy atom. The molecule has 2 rings (SSSR count). The fraction of sp³-hybridized carbons (Fsp3) is 0.406. The van der Waals surface area contributed by atoms with E-state index in [4.69, 9.17) is 19.7 Å². The number of carboxylic acid groups (broad SMARTS) is 3. The molecule has 0 aliphatic carbocycles. The zero-order valence-corrected chi connectivity index (χ0v) is 25.9. The van der Waals surface area contributed by atoms with Gasteiger partial charge in [0, 0.05) is 33.0 Å². The zero-order valence-electron chi connectivity index (χ0n) is 25.9. The molecule has 0 saturated heterocycles. The Kier molecular flexibility index (Phi) is 15.9. The molecule has 2 atom stereocenters. The minimum absolute atomic E-state index is 0.0298. The smallest absolute Gasteiger partial charge is 0.408 e. The van der Waals surface area contributed by atoms with Crippen LogP contribution in [0.4, 0.5) is 4.79 Å². The number of nitrogens with one attached hydrogen (secondary N) is 2. The number of hydrogen-bond acceptors (Lipinski definition) is 9. The molecular weight excluding hydrogens is 618 g/mol. The summed E-state index contributed by atoms with van der Waals surface area (Å²) in [5.74, 6) is -5.23. The van der Waals surface area contributed by atoms with Gasteiger partial charge in [-0.15, -0.1) is 0 Å². The summed E-state index contributed by atoms with van der Waals surface area (Å²) in [5, 5.41) is 31.7. The number of likely N-dealkylation sites (N-methyl/N-ethyl adjacent to an activating group) is 1. The van der Waals surface area contributed by atoms with Crippen molar-refractivity contribution in [2.24, 2.45) is 0 Å². The molecule has 0 saturated carbocycles. The van der Waals surface area contributed by atoms with E-state index in [1.165, 1.54) is 4.90 Å². The van der Waals surface area contributed by atoms with Crippen LogP contribution >= 0.6 is 0 Å². The van der Waals surface area contributed by atoms with Crippen LogP contribution in [0.3, 0.4) is 0 Å². The van der Waals surface area contributed by atoms with E-state index in [9.17, 15) is 38.7 Å². The number of carbonyl (C=O) groups excluding carboxylic acids is 4. The second kappa shape index (κ2) is 19.8. The normalized spacial score (nSPS) is 11.8. The van der Waals surface area contributed by atoms with Crippen molar-refractivity contribution in [3.63, 3.8) is 0 Å². The maximum absolute atomic E-state index is 12.6. The lowest BCUT2D eigenvalue weighted by Crippen LogP contribution is -2.43. The molecule has 0 spiro atoms. The van der Waals surface area contributed by atoms with Crippen LogP contribution in [0.1, 0.15) is 60.0 Å². The first-order chi connectivity index (χ1) is 22.3. The van der Waals surface area contributed by atoms with Crippen molar-refractivity contribution in [3.05, 3.63) is 71.3 Å². The van der Waals surface area contributed by atoms with Gasteiger partial charge in [-0.1, -0.05) is 42.5 Å². The highest BCUT2D eigenvalue weighted by Gasteiger charge is 2.26. The van der Waals surface area contributed by atoms with Gasteiger partial charge in [-0.25, -0.2) is 19.2 Å². The SMILES string of the molecule is CN(CCC(=O)NCCCC[C@H](OC(=O)N[C@@H](CCC(=O)O)C(=O)O)C(=O)O)C(=O)Cc1ccc(C(=O)OCc2ccccc2)cc1. The van der Waals surface area contributed by atoms with E-state index in [1.807, 2.05) is 35.6 Å². The summed E-state index contributed by atoms with van der Waals surface area (Å²) in [6.07, 6.45) is -3.24. The Hall–Kier alpha value is -5.47. The molecule has 2 aromatic carbocycles. The number of aliphatic carboxylic acids is 3. The number of amides is 3. The Bertz CT molecular complexity index is 1380. The van der Waals surface area contributed by atoms with Crippen LogP contribution in [0.5, 0.6) is 0 Å². The molecule has 254 valence electrons. The van der Waals surface area contributed by atoms with Gasteiger partial charge in [-0.05, 0) is 48.9 Å². The van der Waals surface area contributed by atoms with E-state index >= 15 is 0 Å². The topological polar surface area (TPSA) is 226 Å². The molecule has 0 aliphatic heterocycles. The number of carbonyl (C=O) groups is 7. The van der Waals surface area contributed by atoms with Gasteiger partial charge >= 0.3 is 30.0 Å². The first-order valence-corrected chi connectivity index (χ1v) is 14.8. The lowest BCUT2D eigenvalue weighted by atomic mass is 10.1.